The lowest BCUT2D eigenvalue weighted by atomic mass is 10.00. The highest BCUT2D eigenvalue weighted by molar-refractivity contribution is 6.03. The maximum absolute atomic E-state index is 5.22. The number of methoxy groups -OCH3 is 1. The molecule has 0 saturated carbocycles. The van der Waals surface area contributed by atoms with Gasteiger partial charge in [0, 0.05) is 23.2 Å². The van der Waals surface area contributed by atoms with E-state index in [1.54, 1.807) is 7.11 Å². The number of benzene rings is 2. The summed E-state index contributed by atoms with van der Waals surface area (Å²) in [7, 11) is 1.68. The Balaban J connectivity index is 1.81. The molecule has 2 aromatic heterocycles. The second kappa shape index (κ2) is 5.69. The van der Waals surface area contributed by atoms with Gasteiger partial charge in [0.1, 0.15) is 5.75 Å². The van der Waals surface area contributed by atoms with Gasteiger partial charge in [0.15, 0.2) is 0 Å². The predicted molar refractivity (Wildman–Crippen MR) is 92.8 cm³/mol. The van der Waals surface area contributed by atoms with Crippen LogP contribution in [0.5, 0.6) is 5.75 Å². The van der Waals surface area contributed by atoms with Crippen LogP contribution in [-0.4, -0.2) is 17.1 Å². The van der Waals surface area contributed by atoms with Crippen LogP contribution < -0.4 is 4.74 Å². The molecule has 2 aromatic carbocycles. The largest absolute Gasteiger partial charge is 0.497 e. The number of fused-ring (bicyclic) bond motifs is 3. The lowest BCUT2D eigenvalue weighted by Gasteiger charge is -2.08. The zero-order chi connectivity index (χ0) is 15.6. The normalized spacial score (nSPS) is 11.0. The van der Waals surface area contributed by atoms with Crippen molar-refractivity contribution in [1.82, 2.24) is 9.97 Å². The summed E-state index contributed by atoms with van der Waals surface area (Å²) in [5, 5.41) is 2.28. The highest BCUT2D eigenvalue weighted by Crippen LogP contribution is 2.26. The van der Waals surface area contributed by atoms with Gasteiger partial charge in [-0.15, -0.1) is 0 Å². The van der Waals surface area contributed by atoms with Crippen molar-refractivity contribution < 1.29 is 4.74 Å². The van der Waals surface area contributed by atoms with Crippen LogP contribution in [0, 0.1) is 0 Å². The minimum Gasteiger partial charge on any atom is -0.497 e. The molecule has 112 valence electrons. The van der Waals surface area contributed by atoms with Crippen molar-refractivity contribution in [3.05, 3.63) is 78.1 Å². The van der Waals surface area contributed by atoms with Gasteiger partial charge in [-0.25, -0.2) is 0 Å². The van der Waals surface area contributed by atoms with Crippen LogP contribution >= 0.6 is 0 Å². The van der Waals surface area contributed by atoms with Crippen molar-refractivity contribution >= 4 is 21.8 Å². The number of aromatic nitrogens is 2. The van der Waals surface area contributed by atoms with Gasteiger partial charge >= 0.3 is 0 Å². The van der Waals surface area contributed by atoms with Crippen molar-refractivity contribution in [1.29, 1.82) is 0 Å². The molecule has 0 aliphatic heterocycles. The molecule has 0 unspecified atom stereocenters. The molecule has 23 heavy (non-hydrogen) atoms. The first-order valence-electron chi connectivity index (χ1n) is 7.59. The van der Waals surface area contributed by atoms with Crippen LogP contribution in [0.2, 0.25) is 0 Å². The summed E-state index contributed by atoms with van der Waals surface area (Å²) in [6.45, 7) is 0. The molecule has 0 fully saturated rings. The number of hydrogen-bond acceptors (Lipinski definition) is 3. The third-order valence-electron chi connectivity index (χ3n) is 4.13. The van der Waals surface area contributed by atoms with Gasteiger partial charge in [0.25, 0.3) is 0 Å². The summed E-state index contributed by atoms with van der Waals surface area (Å²) in [4.78, 5) is 9.06. The lowest BCUT2D eigenvalue weighted by molar-refractivity contribution is 0.414. The average molecular weight is 300 g/mol. The van der Waals surface area contributed by atoms with E-state index in [0.29, 0.717) is 0 Å². The average Bonchev–Trinajstić information content (AvgIpc) is 2.62. The molecular weight excluding hydrogens is 284 g/mol. The van der Waals surface area contributed by atoms with Gasteiger partial charge < -0.3 is 4.74 Å². The van der Waals surface area contributed by atoms with Gasteiger partial charge in [0.05, 0.1) is 18.1 Å². The van der Waals surface area contributed by atoms with E-state index < -0.39 is 0 Å². The third kappa shape index (κ3) is 2.50. The Morgan fingerprint density at radius 3 is 2.48 bits per heavy atom. The van der Waals surface area contributed by atoms with Crippen molar-refractivity contribution in [3.63, 3.8) is 0 Å². The zero-order valence-electron chi connectivity index (χ0n) is 12.9. The molecular formula is C20H16N2O. The lowest BCUT2D eigenvalue weighted by Crippen LogP contribution is -1.93. The van der Waals surface area contributed by atoms with E-state index >= 15 is 0 Å². The van der Waals surface area contributed by atoms with Crippen LogP contribution in [0.15, 0.2) is 67.0 Å². The highest BCUT2D eigenvalue weighted by atomic mass is 16.5. The first-order valence-corrected chi connectivity index (χ1v) is 7.59. The Morgan fingerprint density at radius 2 is 1.65 bits per heavy atom. The van der Waals surface area contributed by atoms with Crippen molar-refractivity contribution in [2.75, 3.05) is 7.11 Å². The fourth-order valence-corrected chi connectivity index (χ4v) is 2.93. The summed E-state index contributed by atoms with van der Waals surface area (Å²) < 4.78 is 5.22. The molecule has 0 radical (unpaired) electrons. The van der Waals surface area contributed by atoms with Gasteiger partial charge in [-0.1, -0.05) is 30.3 Å². The van der Waals surface area contributed by atoms with Crippen LogP contribution in [0.1, 0.15) is 11.1 Å². The van der Waals surface area contributed by atoms with Crippen LogP contribution in [0.25, 0.3) is 21.8 Å². The second-order valence-electron chi connectivity index (χ2n) is 5.53. The zero-order valence-corrected chi connectivity index (χ0v) is 12.9. The number of nitrogens with zero attached hydrogens (tertiary/aromatic N) is 2. The number of pyridine rings is 2. The Kier molecular flexibility index (Phi) is 3.39. The van der Waals surface area contributed by atoms with Gasteiger partial charge in [-0.3, -0.25) is 9.97 Å². The molecule has 4 aromatic rings. The molecule has 2 heterocycles. The number of ether oxygens (including phenoxy) is 1. The SMILES string of the molecule is COc1ccc(Cc2ccnc3c2ccc2cccnc23)cc1. The molecule has 0 N–H and O–H groups in total. The predicted octanol–water partition coefficient (Wildman–Crippen LogP) is 4.38. The minimum absolute atomic E-state index is 0.862. The molecule has 3 heteroatoms. The van der Waals surface area contributed by atoms with Crippen LogP contribution in [-0.2, 0) is 6.42 Å². The molecule has 4 rings (SSSR count). The Labute approximate surface area is 134 Å². The Morgan fingerprint density at radius 1 is 0.826 bits per heavy atom. The van der Waals surface area contributed by atoms with E-state index in [0.717, 1.165) is 34.0 Å². The van der Waals surface area contributed by atoms with Crippen molar-refractivity contribution in [2.24, 2.45) is 0 Å². The quantitative estimate of drug-likeness (QED) is 0.527. The molecule has 0 saturated heterocycles. The van der Waals surface area contributed by atoms with Crippen LogP contribution in [0.3, 0.4) is 0 Å². The second-order valence-corrected chi connectivity index (χ2v) is 5.53. The molecule has 0 spiro atoms. The first-order chi connectivity index (χ1) is 11.3. The molecule has 0 bridgehead atoms. The Hall–Kier alpha value is -2.94. The molecule has 0 atom stereocenters. The monoisotopic (exact) mass is 300 g/mol. The smallest absolute Gasteiger partial charge is 0.118 e. The fourth-order valence-electron chi connectivity index (χ4n) is 2.93. The number of hydrogen-bond donors (Lipinski definition) is 0. The van der Waals surface area contributed by atoms with Gasteiger partial charge in [-0.2, -0.15) is 0 Å². The van der Waals surface area contributed by atoms with Crippen LogP contribution in [0.4, 0.5) is 0 Å². The van der Waals surface area contributed by atoms with Crippen molar-refractivity contribution in [2.45, 2.75) is 6.42 Å². The first kappa shape index (κ1) is 13.7. The maximum Gasteiger partial charge on any atom is 0.118 e. The maximum atomic E-state index is 5.22. The van der Waals surface area contributed by atoms with Gasteiger partial charge in [-0.05, 0) is 41.8 Å². The summed E-state index contributed by atoms with van der Waals surface area (Å²) in [6.07, 6.45) is 4.55. The van der Waals surface area contributed by atoms with Gasteiger partial charge in [0.2, 0.25) is 0 Å². The van der Waals surface area contributed by atoms with E-state index in [-0.39, 0.29) is 0 Å². The topological polar surface area (TPSA) is 35.0 Å². The van der Waals surface area contributed by atoms with Crippen molar-refractivity contribution in [3.8, 4) is 5.75 Å². The summed E-state index contributed by atoms with van der Waals surface area (Å²) in [6, 6.07) is 18.6. The third-order valence-corrected chi connectivity index (χ3v) is 4.13. The molecule has 0 aliphatic rings. The van der Waals surface area contributed by atoms with E-state index in [1.807, 2.05) is 30.6 Å². The fraction of sp³-hybridized carbons (Fsp3) is 0.100. The van der Waals surface area contributed by atoms with E-state index in [4.69, 9.17) is 4.74 Å². The Bertz CT molecular complexity index is 978. The molecule has 3 nitrogen and oxygen atoms in total. The number of rotatable bonds is 3. The van der Waals surface area contributed by atoms with E-state index in [2.05, 4.69) is 46.4 Å². The summed E-state index contributed by atoms with van der Waals surface area (Å²) >= 11 is 0. The summed E-state index contributed by atoms with van der Waals surface area (Å²) in [5.41, 5.74) is 4.43. The standard InChI is InChI=1S/C20H16N2O/c1-23-17-7-4-14(5-8-17)13-16-10-12-22-20-18(16)9-6-15-3-2-11-21-19(15)20/h2-12H,13H2,1H3. The molecule has 0 aliphatic carbocycles. The highest BCUT2D eigenvalue weighted by Gasteiger charge is 2.07. The molecule has 0 amide bonds. The van der Waals surface area contributed by atoms with E-state index in [1.165, 1.54) is 11.1 Å². The minimum atomic E-state index is 0.862. The summed E-state index contributed by atoms with van der Waals surface area (Å²) in [5.74, 6) is 0.878. The van der Waals surface area contributed by atoms with E-state index in [9.17, 15) is 0 Å².